The number of piperidine rings is 1. The molecule has 0 aromatic rings. The van der Waals surface area contributed by atoms with E-state index in [1.807, 2.05) is 4.90 Å². The zero-order chi connectivity index (χ0) is 11.7. The highest BCUT2D eigenvalue weighted by Gasteiger charge is 2.35. The molecule has 0 aromatic heterocycles. The number of fused-ring (bicyclic) bond motifs is 1. The molecule has 3 atom stereocenters. The minimum absolute atomic E-state index is 0. The second kappa shape index (κ2) is 7.53. The first-order valence-corrected chi connectivity index (χ1v) is 6.39. The van der Waals surface area contributed by atoms with Crippen LogP contribution < -0.4 is 5.73 Å². The van der Waals surface area contributed by atoms with E-state index in [4.69, 9.17) is 5.73 Å². The Kier molecular flexibility index (Phi) is 7.52. The number of rotatable bonds is 1. The third-order valence-corrected chi connectivity index (χ3v) is 3.86. The standard InChI is InChI=1S/C12H23N3O.2ClH/c1-9-7-14-6-4-3-5-11(14)8-15(9)12(16)10(2)13;;/h9-11H,3-8,13H2,1-2H3;2*1H. The molecule has 4 nitrogen and oxygen atoms in total. The monoisotopic (exact) mass is 297 g/mol. The summed E-state index contributed by atoms with van der Waals surface area (Å²) in [6, 6.07) is 0.526. The summed E-state index contributed by atoms with van der Waals surface area (Å²) in [5.41, 5.74) is 5.69. The summed E-state index contributed by atoms with van der Waals surface area (Å²) in [6.07, 6.45) is 3.84. The van der Waals surface area contributed by atoms with Crippen molar-refractivity contribution in [2.45, 2.75) is 51.2 Å². The Labute approximate surface area is 122 Å². The predicted octanol–water partition coefficient (Wildman–Crippen LogP) is 1.26. The van der Waals surface area contributed by atoms with E-state index in [1.54, 1.807) is 6.92 Å². The van der Waals surface area contributed by atoms with Crippen molar-refractivity contribution in [3.8, 4) is 0 Å². The summed E-state index contributed by atoms with van der Waals surface area (Å²) in [5.74, 6) is 0.109. The van der Waals surface area contributed by atoms with Gasteiger partial charge >= 0.3 is 0 Å². The third kappa shape index (κ3) is 3.73. The number of nitrogens with two attached hydrogens (primary N) is 1. The molecule has 0 radical (unpaired) electrons. The number of piperazine rings is 1. The zero-order valence-electron chi connectivity index (χ0n) is 11.2. The van der Waals surface area contributed by atoms with Crippen LogP contribution in [0.2, 0.25) is 0 Å². The lowest BCUT2D eigenvalue weighted by Crippen LogP contribution is -2.62. The molecule has 6 heteroatoms. The number of hydrogen-bond acceptors (Lipinski definition) is 3. The quantitative estimate of drug-likeness (QED) is 0.793. The molecule has 0 bridgehead atoms. The molecular formula is C12H25Cl2N3O. The first kappa shape index (κ1) is 18.0. The van der Waals surface area contributed by atoms with E-state index in [0.29, 0.717) is 12.1 Å². The van der Waals surface area contributed by atoms with Gasteiger partial charge < -0.3 is 10.6 Å². The molecule has 0 aromatic carbocycles. The maximum absolute atomic E-state index is 12.0. The van der Waals surface area contributed by atoms with Crippen molar-refractivity contribution in [1.29, 1.82) is 0 Å². The summed E-state index contributed by atoms with van der Waals surface area (Å²) < 4.78 is 0. The Morgan fingerprint density at radius 1 is 1.28 bits per heavy atom. The van der Waals surface area contributed by atoms with Gasteiger partial charge in [-0.05, 0) is 33.2 Å². The minimum Gasteiger partial charge on any atom is -0.336 e. The molecule has 18 heavy (non-hydrogen) atoms. The molecule has 2 heterocycles. The lowest BCUT2D eigenvalue weighted by molar-refractivity contribution is -0.139. The Morgan fingerprint density at radius 2 is 1.94 bits per heavy atom. The second-order valence-electron chi connectivity index (χ2n) is 5.27. The highest BCUT2D eigenvalue weighted by atomic mass is 35.5. The molecule has 0 spiro atoms. The molecule has 2 rings (SSSR count). The maximum atomic E-state index is 12.0. The van der Waals surface area contributed by atoms with Gasteiger partial charge in [0, 0.05) is 25.2 Å². The van der Waals surface area contributed by atoms with Crippen LogP contribution in [0.5, 0.6) is 0 Å². The van der Waals surface area contributed by atoms with Gasteiger partial charge in [-0.15, -0.1) is 24.8 Å². The first-order chi connectivity index (χ1) is 7.59. The minimum atomic E-state index is -0.363. The van der Waals surface area contributed by atoms with Crippen molar-refractivity contribution in [1.82, 2.24) is 9.80 Å². The van der Waals surface area contributed by atoms with Crippen LogP contribution in [-0.2, 0) is 4.79 Å². The van der Waals surface area contributed by atoms with E-state index < -0.39 is 0 Å². The molecule has 0 saturated carbocycles. The van der Waals surface area contributed by atoms with Crippen molar-refractivity contribution in [3.63, 3.8) is 0 Å². The summed E-state index contributed by atoms with van der Waals surface area (Å²) in [4.78, 5) is 16.5. The van der Waals surface area contributed by atoms with Crippen LogP contribution >= 0.6 is 24.8 Å². The highest BCUT2D eigenvalue weighted by Crippen LogP contribution is 2.24. The van der Waals surface area contributed by atoms with E-state index in [0.717, 1.165) is 13.1 Å². The summed E-state index contributed by atoms with van der Waals surface area (Å²) >= 11 is 0. The molecule has 2 fully saturated rings. The van der Waals surface area contributed by atoms with E-state index in [9.17, 15) is 4.79 Å². The van der Waals surface area contributed by atoms with Gasteiger partial charge in [0.25, 0.3) is 0 Å². The number of carbonyl (C=O) groups is 1. The number of halogens is 2. The van der Waals surface area contributed by atoms with Crippen molar-refractivity contribution in [3.05, 3.63) is 0 Å². The summed E-state index contributed by atoms with van der Waals surface area (Å²) in [6.45, 7) is 7.01. The summed E-state index contributed by atoms with van der Waals surface area (Å²) in [7, 11) is 0. The molecule has 108 valence electrons. The van der Waals surface area contributed by atoms with Crippen LogP contribution in [0.4, 0.5) is 0 Å². The first-order valence-electron chi connectivity index (χ1n) is 6.39. The van der Waals surface area contributed by atoms with E-state index in [2.05, 4.69) is 11.8 Å². The van der Waals surface area contributed by atoms with Crippen LogP contribution in [0.15, 0.2) is 0 Å². The topological polar surface area (TPSA) is 49.6 Å². The number of hydrogen-bond donors (Lipinski definition) is 1. The van der Waals surface area contributed by atoms with Crippen molar-refractivity contribution in [2.75, 3.05) is 19.6 Å². The molecular weight excluding hydrogens is 273 g/mol. The summed E-state index contributed by atoms with van der Waals surface area (Å²) in [5, 5.41) is 0. The molecule has 2 saturated heterocycles. The SMILES string of the molecule is CC(N)C(=O)N1CC2CCCCN2CC1C.Cl.Cl. The number of amides is 1. The normalized spacial score (nSPS) is 29.6. The van der Waals surface area contributed by atoms with Crippen molar-refractivity contribution >= 4 is 30.7 Å². The predicted molar refractivity (Wildman–Crippen MR) is 78.5 cm³/mol. The van der Waals surface area contributed by atoms with E-state index >= 15 is 0 Å². The average Bonchev–Trinajstić information content (AvgIpc) is 2.27. The number of nitrogens with zero attached hydrogens (tertiary/aromatic N) is 2. The van der Waals surface area contributed by atoms with Gasteiger partial charge in [-0.2, -0.15) is 0 Å². The fourth-order valence-corrected chi connectivity index (χ4v) is 2.92. The van der Waals surface area contributed by atoms with Crippen LogP contribution in [0, 0.1) is 0 Å². The van der Waals surface area contributed by atoms with Crippen molar-refractivity contribution < 1.29 is 4.79 Å². The van der Waals surface area contributed by atoms with Gasteiger partial charge in [0.2, 0.25) is 5.91 Å². The van der Waals surface area contributed by atoms with Gasteiger partial charge in [-0.1, -0.05) is 6.42 Å². The average molecular weight is 298 g/mol. The number of carbonyl (C=O) groups excluding carboxylic acids is 1. The van der Waals surface area contributed by atoms with Crippen molar-refractivity contribution in [2.24, 2.45) is 5.73 Å². The largest absolute Gasteiger partial charge is 0.336 e. The van der Waals surface area contributed by atoms with Crippen LogP contribution in [0.25, 0.3) is 0 Å². The molecule has 2 aliphatic heterocycles. The molecule has 2 aliphatic rings. The van der Waals surface area contributed by atoms with Crippen LogP contribution in [0.1, 0.15) is 33.1 Å². The van der Waals surface area contributed by atoms with Gasteiger partial charge in [0.15, 0.2) is 0 Å². The van der Waals surface area contributed by atoms with Gasteiger partial charge in [-0.25, -0.2) is 0 Å². The van der Waals surface area contributed by atoms with Gasteiger partial charge in [0.1, 0.15) is 0 Å². The fraction of sp³-hybridized carbons (Fsp3) is 0.917. The Morgan fingerprint density at radius 3 is 2.56 bits per heavy atom. The lowest BCUT2D eigenvalue weighted by atomic mass is 9.97. The Balaban J connectivity index is 0.00000144. The van der Waals surface area contributed by atoms with Crippen LogP contribution in [-0.4, -0.2) is 53.5 Å². The molecule has 2 N–H and O–H groups in total. The molecule has 0 aliphatic carbocycles. The fourth-order valence-electron chi connectivity index (χ4n) is 2.92. The maximum Gasteiger partial charge on any atom is 0.239 e. The molecule has 1 amide bonds. The second-order valence-corrected chi connectivity index (χ2v) is 5.27. The third-order valence-electron chi connectivity index (χ3n) is 3.86. The van der Waals surface area contributed by atoms with Gasteiger partial charge in [-0.3, -0.25) is 9.69 Å². The zero-order valence-corrected chi connectivity index (χ0v) is 12.8. The lowest BCUT2D eigenvalue weighted by Gasteiger charge is -2.47. The van der Waals surface area contributed by atoms with E-state index in [1.165, 1.54) is 25.8 Å². The Bertz CT molecular complexity index is 276. The Hall–Kier alpha value is -0.0300. The highest BCUT2D eigenvalue weighted by molar-refractivity contribution is 5.85. The molecule has 3 unspecified atom stereocenters. The van der Waals surface area contributed by atoms with E-state index in [-0.39, 0.29) is 36.8 Å². The van der Waals surface area contributed by atoms with Crippen LogP contribution in [0.3, 0.4) is 0 Å². The van der Waals surface area contributed by atoms with Gasteiger partial charge in [0.05, 0.1) is 6.04 Å². The smallest absolute Gasteiger partial charge is 0.239 e.